The summed E-state index contributed by atoms with van der Waals surface area (Å²) in [5, 5.41) is 8.71. The van der Waals surface area contributed by atoms with Crippen LogP contribution in [-0.4, -0.2) is 6.04 Å². The summed E-state index contributed by atoms with van der Waals surface area (Å²) in [5.41, 5.74) is 6.27. The van der Waals surface area contributed by atoms with Crippen molar-refractivity contribution in [2.24, 2.45) is 5.73 Å². The molecule has 5 heteroatoms. The summed E-state index contributed by atoms with van der Waals surface area (Å²) in [6.45, 7) is 1.65. The van der Waals surface area contributed by atoms with E-state index in [4.69, 9.17) is 15.7 Å². The van der Waals surface area contributed by atoms with Gasteiger partial charge in [-0.15, -0.1) is 0 Å². The van der Waals surface area contributed by atoms with Crippen LogP contribution in [0, 0.1) is 23.0 Å². The Kier molecular flexibility index (Phi) is 4.51. The van der Waals surface area contributed by atoms with Crippen LogP contribution in [0.5, 0.6) is 5.75 Å². The summed E-state index contributed by atoms with van der Waals surface area (Å²) in [6.07, 6.45) is -0.825. The minimum absolute atomic E-state index is 0.0699. The molecular formula is C16H14F2N2O. The average molecular weight is 288 g/mol. The molecule has 0 aliphatic carbocycles. The van der Waals surface area contributed by atoms with E-state index in [0.717, 1.165) is 6.07 Å². The van der Waals surface area contributed by atoms with E-state index in [9.17, 15) is 8.78 Å². The third-order valence-electron chi connectivity index (χ3n) is 3.00. The molecule has 2 aromatic rings. The second-order valence-electron chi connectivity index (χ2n) is 4.68. The van der Waals surface area contributed by atoms with Gasteiger partial charge in [0.15, 0.2) is 11.6 Å². The summed E-state index contributed by atoms with van der Waals surface area (Å²) >= 11 is 0. The lowest BCUT2D eigenvalue weighted by Gasteiger charge is -2.23. The molecule has 0 radical (unpaired) electrons. The molecule has 0 saturated carbocycles. The number of rotatable bonds is 4. The first kappa shape index (κ1) is 14.9. The fraction of sp³-hybridized carbons (Fsp3) is 0.188. The zero-order valence-corrected chi connectivity index (χ0v) is 11.4. The number of benzene rings is 2. The first-order chi connectivity index (χ1) is 10.0. The molecule has 0 saturated heterocycles. The van der Waals surface area contributed by atoms with E-state index in [1.54, 1.807) is 25.1 Å². The maximum atomic E-state index is 13.9. The van der Waals surface area contributed by atoms with Gasteiger partial charge < -0.3 is 10.5 Å². The van der Waals surface area contributed by atoms with E-state index in [0.29, 0.717) is 0 Å². The van der Waals surface area contributed by atoms with Gasteiger partial charge in [-0.05, 0) is 31.2 Å². The SMILES string of the molecule is CC(N)C(Oc1ccc(C#N)cc1F)c1ccccc1F. The fourth-order valence-corrected chi connectivity index (χ4v) is 1.96. The topological polar surface area (TPSA) is 59.0 Å². The van der Waals surface area contributed by atoms with Crippen molar-refractivity contribution in [2.75, 3.05) is 0 Å². The zero-order chi connectivity index (χ0) is 15.4. The maximum Gasteiger partial charge on any atom is 0.166 e. The Labute approximate surface area is 121 Å². The maximum absolute atomic E-state index is 13.9. The normalized spacial score (nSPS) is 13.3. The van der Waals surface area contributed by atoms with Crippen LogP contribution in [0.1, 0.15) is 24.2 Å². The number of nitrogens with two attached hydrogens (primary N) is 1. The predicted octanol–water partition coefficient (Wildman–Crippen LogP) is 3.30. The number of nitriles is 1. The number of nitrogens with zero attached hydrogens (tertiary/aromatic N) is 1. The van der Waals surface area contributed by atoms with Crippen molar-refractivity contribution in [3.63, 3.8) is 0 Å². The Balaban J connectivity index is 2.34. The highest BCUT2D eigenvalue weighted by molar-refractivity contribution is 5.36. The first-order valence-electron chi connectivity index (χ1n) is 6.39. The number of hydrogen-bond donors (Lipinski definition) is 1. The molecule has 0 amide bonds. The quantitative estimate of drug-likeness (QED) is 0.939. The van der Waals surface area contributed by atoms with Crippen LogP contribution in [0.4, 0.5) is 8.78 Å². The third kappa shape index (κ3) is 3.36. The number of ether oxygens (including phenoxy) is 1. The second-order valence-corrected chi connectivity index (χ2v) is 4.68. The largest absolute Gasteiger partial charge is 0.481 e. The summed E-state index contributed by atoms with van der Waals surface area (Å²) in [7, 11) is 0. The van der Waals surface area contributed by atoms with Crippen LogP contribution in [0.3, 0.4) is 0 Å². The first-order valence-corrected chi connectivity index (χ1v) is 6.39. The monoisotopic (exact) mass is 288 g/mol. The molecule has 0 aromatic heterocycles. The van der Waals surface area contributed by atoms with Crippen molar-refractivity contribution in [1.82, 2.24) is 0 Å². The summed E-state index contributed by atoms with van der Waals surface area (Å²) < 4.78 is 33.2. The van der Waals surface area contributed by atoms with Crippen molar-refractivity contribution in [3.05, 3.63) is 65.2 Å². The third-order valence-corrected chi connectivity index (χ3v) is 3.00. The van der Waals surface area contributed by atoms with Crippen LogP contribution < -0.4 is 10.5 Å². The van der Waals surface area contributed by atoms with Gasteiger partial charge in [0.2, 0.25) is 0 Å². The Morgan fingerprint density at radius 1 is 1.14 bits per heavy atom. The zero-order valence-electron chi connectivity index (χ0n) is 11.4. The van der Waals surface area contributed by atoms with E-state index >= 15 is 0 Å². The standard InChI is InChI=1S/C16H14F2N2O/c1-10(20)16(12-4-2-3-5-13(12)17)21-15-7-6-11(9-19)8-14(15)18/h2-8,10,16H,20H2,1H3. The molecule has 0 aliphatic heterocycles. The Hall–Kier alpha value is -2.45. The smallest absolute Gasteiger partial charge is 0.166 e. The Bertz CT molecular complexity index is 680. The van der Waals surface area contributed by atoms with Gasteiger partial charge in [0.05, 0.1) is 11.6 Å². The molecule has 2 aromatic carbocycles. The number of hydrogen-bond acceptors (Lipinski definition) is 3. The molecule has 2 atom stereocenters. The molecule has 2 N–H and O–H groups in total. The molecular weight excluding hydrogens is 274 g/mol. The van der Waals surface area contributed by atoms with E-state index in [2.05, 4.69) is 0 Å². The fourth-order valence-electron chi connectivity index (χ4n) is 1.96. The van der Waals surface area contributed by atoms with Crippen molar-refractivity contribution in [3.8, 4) is 11.8 Å². The van der Waals surface area contributed by atoms with Gasteiger partial charge >= 0.3 is 0 Å². The minimum atomic E-state index is -0.825. The summed E-state index contributed by atoms with van der Waals surface area (Å²) in [4.78, 5) is 0. The lowest BCUT2D eigenvalue weighted by molar-refractivity contribution is 0.168. The van der Waals surface area contributed by atoms with Crippen molar-refractivity contribution in [2.45, 2.75) is 19.1 Å². The lowest BCUT2D eigenvalue weighted by Crippen LogP contribution is -2.30. The van der Waals surface area contributed by atoms with Crippen LogP contribution in [0.15, 0.2) is 42.5 Å². The minimum Gasteiger partial charge on any atom is -0.481 e. The summed E-state index contributed by atoms with van der Waals surface area (Å²) in [5.74, 6) is -1.22. The molecule has 0 fully saturated rings. The molecule has 2 unspecified atom stereocenters. The molecule has 108 valence electrons. The van der Waals surface area contributed by atoms with Crippen molar-refractivity contribution in [1.29, 1.82) is 5.26 Å². The van der Waals surface area contributed by atoms with Gasteiger partial charge in [0, 0.05) is 11.6 Å². The predicted molar refractivity (Wildman–Crippen MR) is 74.5 cm³/mol. The highest BCUT2D eigenvalue weighted by atomic mass is 19.1. The van der Waals surface area contributed by atoms with E-state index < -0.39 is 23.8 Å². The van der Waals surface area contributed by atoms with Gasteiger partial charge in [0.25, 0.3) is 0 Å². The van der Waals surface area contributed by atoms with Gasteiger partial charge in [0.1, 0.15) is 11.9 Å². The summed E-state index contributed by atoms with van der Waals surface area (Å²) in [6, 6.07) is 11.2. The van der Waals surface area contributed by atoms with Gasteiger partial charge in [-0.25, -0.2) is 8.78 Å². The lowest BCUT2D eigenvalue weighted by atomic mass is 10.0. The Morgan fingerprint density at radius 3 is 2.43 bits per heavy atom. The van der Waals surface area contributed by atoms with E-state index in [-0.39, 0.29) is 16.9 Å². The molecule has 2 rings (SSSR count). The highest BCUT2D eigenvalue weighted by Crippen LogP contribution is 2.28. The second kappa shape index (κ2) is 6.33. The highest BCUT2D eigenvalue weighted by Gasteiger charge is 2.22. The van der Waals surface area contributed by atoms with E-state index in [1.165, 1.54) is 18.2 Å². The average Bonchev–Trinajstić information content (AvgIpc) is 2.46. The van der Waals surface area contributed by atoms with Crippen LogP contribution >= 0.6 is 0 Å². The van der Waals surface area contributed by atoms with Gasteiger partial charge in [-0.2, -0.15) is 5.26 Å². The van der Waals surface area contributed by atoms with Crippen molar-refractivity contribution < 1.29 is 13.5 Å². The van der Waals surface area contributed by atoms with Gasteiger partial charge in [-0.3, -0.25) is 0 Å². The molecule has 0 spiro atoms. The Morgan fingerprint density at radius 2 is 1.86 bits per heavy atom. The molecule has 0 bridgehead atoms. The van der Waals surface area contributed by atoms with Crippen LogP contribution in [0.25, 0.3) is 0 Å². The van der Waals surface area contributed by atoms with Crippen LogP contribution in [0.2, 0.25) is 0 Å². The van der Waals surface area contributed by atoms with E-state index in [1.807, 2.05) is 6.07 Å². The molecule has 0 aliphatic rings. The number of halogens is 2. The molecule has 0 heterocycles. The molecule has 3 nitrogen and oxygen atoms in total. The van der Waals surface area contributed by atoms with Crippen LogP contribution in [-0.2, 0) is 0 Å². The van der Waals surface area contributed by atoms with Gasteiger partial charge in [-0.1, -0.05) is 18.2 Å². The van der Waals surface area contributed by atoms with Crippen molar-refractivity contribution >= 4 is 0 Å². The molecule has 21 heavy (non-hydrogen) atoms.